The Kier molecular flexibility index (Phi) is 31.7. The molecule has 772 valence electrons. The number of nitrogens with zero attached hydrogens (tertiary/aromatic N) is 21. The lowest BCUT2D eigenvalue weighted by atomic mass is 9.86. The first-order valence-electron chi connectivity index (χ1n) is 51.2. The van der Waals surface area contributed by atoms with E-state index in [1.54, 1.807) is 9.36 Å². The molecule has 21 rings (SSSR count). The number of aromatic amines is 2. The molecule has 3 N–H and O–H groups in total. The zero-order chi connectivity index (χ0) is 107. The molecule has 26 nitrogen and oxygen atoms in total. The van der Waals surface area contributed by atoms with Gasteiger partial charge in [0.1, 0.15) is 17.1 Å². The minimum atomic E-state index is -0.296. The van der Waals surface area contributed by atoms with E-state index in [1.807, 2.05) is 146 Å². The number of hydrogen-bond donors (Lipinski definition) is 3. The van der Waals surface area contributed by atoms with Gasteiger partial charge in [0, 0.05) is 192 Å². The fourth-order valence-electron chi connectivity index (χ4n) is 19.0. The molecule has 0 radical (unpaired) electrons. The first kappa shape index (κ1) is 108. The minimum Gasteiger partial charge on any atom is -0.465 e. The predicted octanol–water partition coefficient (Wildman–Crippen LogP) is 27.0. The van der Waals surface area contributed by atoms with Crippen LogP contribution in [0.3, 0.4) is 0 Å². The summed E-state index contributed by atoms with van der Waals surface area (Å²) in [5, 5.41) is 70.3. The first-order chi connectivity index (χ1) is 69.0. The maximum atomic E-state index is 11.5. The van der Waals surface area contributed by atoms with Gasteiger partial charge in [-0.1, -0.05) is 231 Å². The number of fused-ring (bicyclic) bond motifs is 7. The van der Waals surface area contributed by atoms with Crippen LogP contribution < -0.4 is 0 Å². The van der Waals surface area contributed by atoms with E-state index >= 15 is 0 Å². The van der Waals surface area contributed by atoms with Gasteiger partial charge in [0.25, 0.3) is 0 Å². The number of aliphatic hydroxyl groups excluding tert-OH is 1. The molecule has 26 heteroatoms. The van der Waals surface area contributed by atoms with Gasteiger partial charge in [0.15, 0.2) is 0 Å². The number of aryl methyl sites for hydroxylation is 9. The van der Waals surface area contributed by atoms with Crippen LogP contribution in [0.5, 0.6) is 0 Å². The molecule has 0 unspecified atom stereocenters. The number of benzene rings is 8. The van der Waals surface area contributed by atoms with E-state index in [4.69, 9.17) is 9.84 Å². The van der Waals surface area contributed by atoms with Crippen molar-refractivity contribution in [3.8, 4) is 56.3 Å². The molecular formula is C121H155N23O3. The molecule has 1 fully saturated rings. The molecule has 1 saturated carbocycles. The van der Waals surface area contributed by atoms with Crippen molar-refractivity contribution in [2.24, 2.45) is 56.4 Å². The SMILES string of the molecule is CC(C)c1cccc(-c2nn[nH]n2)c1.COC(=O)c1ccc2c(C(C)(C)C)cn(C)c2c1.Cc1c(C(C)C)n(C(C)(C)C)c2ccccc12.Cn1cc(-c2ccc3cc(C(C)(C)C)n(C)c3c2)cn1.Cn1cc(-c2n[nH]c3ccc(C(C)(C)C)cc23)cn1.Cn1cc(-c2nn(C)c3ccc(C(C)(C)C)cc23)cn1.Cn1cc(-c2nn(CCO)c3ccc(C(C)(C)C)cc23)cn1.Cn1nc(C2CC2)c2cc(C(C)(C)C)ccc21. The second-order valence-corrected chi connectivity index (χ2v) is 47.1. The van der Waals surface area contributed by atoms with Crippen molar-refractivity contribution in [2.45, 2.75) is 255 Å². The Hall–Kier alpha value is -14.4. The van der Waals surface area contributed by atoms with Gasteiger partial charge in [-0.05, 0) is 219 Å². The Morgan fingerprint density at radius 1 is 0.435 bits per heavy atom. The molecule has 12 aromatic heterocycles. The summed E-state index contributed by atoms with van der Waals surface area (Å²) in [5.41, 5.74) is 32.6. The number of ether oxygens (including phenoxy) is 1. The maximum absolute atomic E-state index is 11.5. The Morgan fingerprint density at radius 3 is 1.46 bits per heavy atom. The molecule has 20 aromatic rings. The summed E-state index contributed by atoms with van der Waals surface area (Å²) in [7, 11) is 17.3. The molecule has 12 heterocycles. The average Bonchev–Trinajstić information content (AvgIpc) is 1.59. The number of hydrogen-bond acceptors (Lipinski definition) is 14. The average molecular weight is 1980 g/mol. The minimum absolute atomic E-state index is 0.0737. The van der Waals surface area contributed by atoms with E-state index in [2.05, 4.69) is 408 Å². The molecule has 8 aromatic carbocycles. The van der Waals surface area contributed by atoms with Crippen LogP contribution in [-0.2, 0) is 106 Å². The number of aliphatic hydroxyl groups is 1. The lowest BCUT2D eigenvalue weighted by Gasteiger charge is -2.27. The predicted molar refractivity (Wildman–Crippen MR) is 604 cm³/mol. The summed E-state index contributed by atoms with van der Waals surface area (Å²) in [4.78, 5) is 11.5. The molecular weight excluding hydrogens is 1820 g/mol. The zero-order valence-corrected chi connectivity index (χ0v) is 93.5. The number of carbonyl (C=O) groups excluding carboxylic acids is 1. The van der Waals surface area contributed by atoms with Crippen LogP contribution >= 0.6 is 0 Å². The molecule has 1 aliphatic carbocycles. The highest BCUT2D eigenvalue weighted by Gasteiger charge is 2.32. The number of H-pyrrole nitrogens is 2. The van der Waals surface area contributed by atoms with Crippen molar-refractivity contribution in [2.75, 3.05) is 13.7 Å². The van der Waals surface area contributed by atoms with Crippen LogP contribution in [0.4, 0.5) is 0 Å². The zero-order valence-electron chi connectivity index (χ0n) is 93.5. The van der Waals surface area contributed by atoms with E-state index in [9.17, 15) is 9.90 Å². The summed E-state index contributed by atoms with van der Waals surface area (Å²) >= 11 is 0. The highest BCUT2D eigenvalue weighted by molar-refractivity contribution is 5.98. The Balaban J connectivity index is 0.000000133. The Labute approximate surface area is 867 Å². The number of tetrazole rings is 1. The largest absolute Gasteiger partial charge is 0.465 e. The first-order valence-corrected chi connectivity index (χ1v) is 51.2. The third-order valence-corrected chi connectivity index (χ3v) is 27.3. The molecule has 0 atom stereocenters. The van der Waals surface area contributed by atoms with Gasteiger partial charge in [0.05, 0.1) is 78.4 Å². The summed E-state index contributed by atoms with van der Waals surface area (Å²) in [6.07, 6.45) is 20.2. The standard InChI is InChI=1S/C17H22N4O.C17H21N3.C16H20N4.C16H23N.C15H18N4.C15H20N2.C15H19NO2.C10H12N4/c1-17(2,3)13-5-6-15-14(9-13)16(19-21(15)7-8-22)12-10-18-20(4)11-12;1-17(2,3)16-9-13-7-6-12(8-15(13)20(16)5)14-10-18-19(4)11-14;1-16(2,3)12-6-7-14-13(8-12)15(18-20(14)5)11-9-17-19(4)10-11;1-11(2)15-12(3)13-9-7-8-10-14(13)17(15)16(4,5)6;1-15(2,3)11-5-6-13-12(7-11)14(18-17-13)10-8-16-19(4)9-10;1-15(2,3)11-7-8-13-12(9-11)14(10-5-6-10)16-17(13)4;1-15(2,3)12-9-16(4)13-8-10(14(17)18-5)6-7-11(12)13;1-7(2)8-4-3-5-9(6-8)10-11-13-14-12-10/h5-6,9-11,22H,7-8H2,1-4H3;6-11H,1-5H3;6-10H,1-5H3;7-11H,1-6H3;5-9H,1-4H3,(H,17,18);7-10H,5-6H2,1-4H3;6-9H,1-5H3;3-7H,1-2H3,(H,11,12,13,14). The van der Waals surface area contributed by atoms with E-state index < -0.39 is 0 Å². The highest BCUT2D eigenvalue weighted by atomic mass is 16.5. The summed E-state index contributed by atoms with van der Waals surface area (Å²) < 4.78 is 24.7. The molecule has 0 saturated heterocycles. The maximum Gasteiger partial charge on any atom is 0.337 e. The molecule has 1 aliphatic rings. The second kappa shape index (κ2) is 43.0. The molecule has 0 aliphatic heterocycles. The van der Waals surface area contributed by atoms with Crippen LogP contribution in [0.2, 0.25) is 0 Å². The monoisotopic (exact) mass is 1980 g/mol. The second-order valence-electron chi connectivity index (χ2n) is 47.1. The van der Waals surface area contributed by atoms with E-state index in [-0.39, 0.29) is 50.6 Å². The number of methoxy groups -OCH3 is 1. The Bertz CT molecular complexity index is 7990. The third-order valence-electron chi connectivity index (χ3n) is 27.3. The van der Waals surface area contributed by atoms with E-state index in [1.165, 1.54) is 125 Å². The van der Waals surface area contributed by atoms with Gasteiger partial charge >= 0.3 is 5.97 Å². The van der Waals surface area contributed by atoms with Crippen LogP contribution in [-0.4, -0.2) is 138 Å². The number of esters is 1. The van der Waals surface area contributed by atoms with Gasteiger partial charge < -0.3 is 23.5 Å². The van der Waals surface area contributed by atoms with Crippen molar-refractivity contribution in [3.05, 3.63) is 281 Å². The number of nitrogens with one attached hydrogen (secondary N) is 2. The fourth-order valence-corrected chi connectivity index (χ4v) is 19.0. The number of carbonyl (C=O) groups is 1. The summed E-state index contributed by atoms with van der Waals surface area (Å²) in [6.45, 7) is 58.6. The van der Waals surface area contributed by atoms with Crippen molar-refractivity contribution in [1.29, 1.82) is 0 Å². The molecule has 0 bridgehead atoms. The lowest BCUT2D eigenvalue weighted by molar-refractivity contribution is 0.0600. The lowest BCUT2D eigenvalue weighted by Crippen LogP contribution is -2.24. The Morgan fingerprint density at radius 2 is 0.952 bits per heavy atom. The topological polar surface area (TPSA) is 269 Å². The quantitative estimate of drug-likeness (QED) is 0.102. The van der Waals surface area contributed by atoms with Crippen molar-refractivity contribution >= 4 is 82.3 Å². The third kappa shape index (κ3) is 24.8. The smallest absolute Gasteiger partial charge is 0.337 e. The van der Waals surface area contributed by atoms with Gasteiger partial charge in [-0.3, -0.25) is 37.9 Å². The van der Waals surface area contributed by atoms with Crippen LogP contribution in [0, 0.1) is 6.92 Å². The van der Waals surface area contributed by atoms with Crippen LogP contribution in [0.25, 0.3) is 133 Å². The van der Waals surface area contributed by atoms with Crippen LogP contribution in [0.15, 0.2) is 220 Å². The highest BCUT2D eigenvalue weighted by Crippen LogP contribution is 2.45. The van der Waals surface area contributed by atoms with E-state index in [0.717, 1.165) is 77.7 Å². The van der Waals surface area contributed by atoms with E-state index in [0.29, 0.717) is 35.7 Å². The molecule has 147 heavy (non-hydrogen) atoms. The van der Waals surface area contributed by atoms with Gasteiger partial charge in [-0.15, -0.1) is 10.2 Å². The normalized spacial score (nSPS) is 12.6. The van der Waals surface area contributed by atoms with Crippen molar-refractivity contribution in [3.63, 3.8) is 0 Å². The number of aromatic nitrogens is 23. The van der Waals surface area contributed by atoms with Crippen molar-refractivity contribution < 1.29 is 14.6 Å². The molecule has 0 amide bonds. The summed E-state index contributed by atoms with van der Waals surface area (Å²) in [5.74, 6) is 2.14. The van der Waals surface area contributed by atoms with Crippen LogP contribution in [0.1, 0.15) is 270 Å². The van der Waals surface area contributed by atoms with Gasteiger partial charge in [-0.25, -0.2) is 4.79 Å². The number of para-hydroxylation sites is 1. The number of rotatable bonds is 11. The fraction of sp³-hybridized carbons (Fsp3) is 0.405. The van der Waals surface area contributed by atoms with Crippen molar-refractivity contribution in [1.82, 2.24) is 113 Å². The molecule has 0 spiro atoms. The van der Waals surface area contributed by atoms with Gasteiger partial charge in [-0.2, -0.15) is 46.0 Å². The summed E-state index contributed by atoms with van der Waals surface area (Å²) in [6, 6.07) is 57.9. The van der Waals surface area contributed by atoms with Gasteiger partial charge in [0.2, 0.25) is 5.82 Å².